The Balaban J connectivity index is 1.43. The highest BCUT2D eigenvalue weighted by Crippen LogP contribution is 2.24. The van der Waals surface area contributed by atoms with Crippen molar-refractivity contribution < 1.29 is 19.1 Å². The second-order valence-corrected chi connectivity index (χ2v) is 9.45. The van der Waals surface area contributed by atoms with Crippen molar-refractivity contribution in [1.82, 2.24) is 9.80 Å². The lowest BCUT2D eigenvalue weighted by molar-refractivity contribution is -0.131. The molecule has 0 radical (unpaired) electrons. The predicted octanol–water partition coefficient (Wildman–Crippen LogP) is 4.53. The van der Waals surface area contributed by atoms with Crippen molar-refractivity contribution in [2.24, 2.45) is 0 Å². The molecule has 1 fully saturated rings. The predicted molar refractivity (Wildman–Crippen MR) is 130 cm³/mol. The van der Waals surface area contributed by atoms with E-state index in [2.05, 4.69) is 32.9 Å². The number of rotatable bonds is 7. The Morgan fingerprint density at radius 1 is 0.909 bits per heavy atom. The molecule has 2 aromatic carbocycles. The highest BCUT2D eigenvalue weighted by molar-refractivity contribution is 5.97. The standard InChI is InChI=1S/C27H36N2O4/c1-27(2,3)21-12-14-22(15-13-21)33-20-7-11-25(30)28-16-8-17-29(19-18-28)26(31)23-9-5-6-10-24(23)32-4/h5-6,9-10,12-15H,7-8,11,16-20H2,1-4H3. The smallest absolute Gasteiger partial charge is 0.257 e. The first-order chi connectivity index (χ1) is 15.8. The first-order valence-corrected chi connectivity index (χ1v) is 11.7. The molecule has 0 atom stereocenters. The summed E-state index contributed by atoms with van der Waals surface area (Å²) in [5, 5.41) is 0. The van der Waals surface area contributed by atoms with E-state index in [0.29, 0.717) is 56.9 Å². The number of hydrogen-bond acceptors (Lipinski definition) is 4. The van der Waals surface area contributed by atoms with E-state index in [1.807, 2.05) is 34.1 Å². The first-order valence-electron chi connectivity index (χ1n) is 11.7. The van der Waals surface area contributed by atoms with Gasteiger partial charge in [-0.3, -0.25) is 9.59 Å². The topological polar surface area (TPSA) is 59.1 Å². The van der Waals surface area contributed by atoms with Gasteiger partial charge in [0.15, 0.2) is 0 Å². The average molecular weight is 453 g/mol. The molecule has 178 valence electrons. The Morgan fingerprint density at radius 2 is 1.58 bits per heavy atom. The number of para-hydroxylation sites is 1. The summed E-state index contributed by atoms with van der Waals surface area (Å²) in [7, 11) is 1.57. The minimum absolute atomic E-state index is 0.0485. The number of ether oxygens (including phenoxy) is 2. The van der Waals surface area contributed by atoms with Crippen LogP contribution in [0.2, 0.25) is 0 Å². The fourth-order valence-corrected chi connectivity index (χ4v) is 3.98. The van der Waals surface area contributed by atoms with Crippen molar-refractivity contribution in [3.63, 3.8) is 0 Å². The van der Waals surface area contributed by atoms with Crippen LogP contribution in [0, 0.1) is 0 Å². The van der Waals surface area contributed by atoms with Gasteiger partial charge in [-0.15, -0.1) is 0 Å². The Labute approximate surface area is 197 Å². The van der Waals surface area contributed by atoms with Crippen LogP contribution in [0.1, 0.15) is 56.0 Å². The largest absolute Gasteiger partial charge is 0.496 e. The molecule has 1 heterocycles. The summed E-state index contributed by atoms with van der Waals surface area (Å²) >= 11 is 0. The molecule has 0 aromatic heterocycles. The Bertz CT molecular complexity index is 934. The van der Waals surface area contributed by atoms with Gasteiger partial charge in [-0.2, -0.15) is 0 Å². The third-order valence-electron chi connectivity index (χ3n) is 6.00. The minimum Gasteiger partial charge on any atom is -0.496 e. The average Bonchev–Trinajstić information content (AvgIpc) is 3.07. The second kappa shape index (κ2) is 11.2. The number of benzene rings is 2. The van der Waals surface area contributed by atoms with Gasteiger partial charge in [-0.25, -0.2) is 0 Å². The zero-order chi connectivity index (χ0) is 23.8. The van der Waals surface area contributed by atoms with Gasteiger partial charge < -0.3 is 19.3 Å². The molecule has 3 rings (SSSR count). The monoisotopic (exact) mass is 452 g/mol. The Morgan fingerprint density at radius 3 is 2.27 bits per heavy atom. The normalized spacial score (nSPS) is 14.5. The summed E-state index contributed by atoms with van der Waals surface area (Å²) < 4.78 is 11.2. The maximum absolute atomic E-state index is 13.0. The van der Waals surface area contributed by atoms with Crippen LogP contribution in [0.4, 0.5) is 0 Å². The molecule has 0 aliphatic carbocycles. The number of nitrogens with zero attached hydrogens (tertiary/aromatic N) is 2. The molecule has 0 saturated carbocycles. The molecule has 0 bridgehead atoms. The molecular formula is C27H36N2O4. The van der Waals surface area contributed by atoms with E-state index in [0.717, 1.165) is 12.2 Å². The van der Waals surface area contributed by atoms with Crippen molar-refractivity contribution >= 4 is 11.8 Å². The van der Waals surface area contributed by atoms with E-state index in [9.17, 15) is 9.59 Å². The first kappa shape index (κ1) is 24.6. The summed E-state index contributed by atoms with van der Waals surface area (Å²) in [6, 6.07) is 15.4. The van der Waals surface area contributed by atoms with Gasteiger partial charge in [0, 0.05) is 32.6 Å². The van der Waals surface area contributed by atoms with Gasteiger partial charge in [0.2, 0.25) is 5.91 Å². The maximum Gasteiger partial charge on any atom is 0.257 e. The lowest BCUT2D eigenvalue weighted by Gasteiger charge is -2.23. The van der Waals surface area contributed by atoms with Crippen molar-refractivity contribution in [2.45, 2.75) is 45.4 Å². The Hall–Kier alpha value is -3.02. The number of hydrogen-bond donors (Lipinski definition) is 0. The number of carbonyl (C=O) groups is 2. The molecule has 1 aliphatic heterocycles. The quantitative estimate of drug-likeness (QED) is 0.580. The number of methoxy groups -OCH3 is 1. The van der Waals surface area contributed by atoms with Crippen molar-refractivity contribution in [2.75, 3.05) is 39.9 Å². The van der Waals surface area contributed by atoms with E-state index in [1.54, 1.807) is 19.2 Å². The van der Waals surface area contributed by atoms with E-state index in [1.165, 1.54) is 5.56 Å². The molecule has 1 aliphatic rings. The van der Waals surface area contributed by atoms with Gasteiger partial charge >= 0.3 is 0 Å². The van der Waals surface area contributed by atoms with Crippen molar-refractivity contribution in [1.29, 1.82) is 0 Å². The van der Waals surface area contributed by atoms with Gasteiger partial charge in [0.1, 0.15) is 11.5 Å². The Kier molecular flexibility index (Phi) is 8.37. The molecule has 0 spiro atoms. The van der Waals surface area contributed by atoms with Gasteiger partial charge in [-0.1, -0.05) is 45.0 Å². The second-order valence-electron chi connectivity index (χ2n) is 9.45. The molecule has 1 saturated heterocycles. The fraction of sp³-hybridized carbons (Fsp3) is 0.481. The lowest BCUT2D eigenvalue weighted by atomic mass is 9.87. The summed E-state index contributed by atoms with van der Waals surface area (Å²) in [6.45, 7) is 9.44. The minimum atomic E-state index is -0.0485. The molecule has 0 unspecified atom stereocenters. The van der Waals surface area contributed by atoms with E-state index < -0.39 is 0 Å². The van der Waals surface area contributed by atoms with E-state index in [4.69, 9.17) is 9.47 Å². The molecule has 6 heteroatoms. The third-order valence-corrected chi connectivity index (χ3v) is 6.00. The summed E-state index contributed by atoms with van der Waals surface area (Å²) in [5.41, 5.74) is 1.95. The number of carbonyl (C=O) groups excluding carboxylic acids is 2. The van der Waals surface area contributed by atoms with Crippen LogP contribution in [0.5, 0.6) is 11.5 Å². The lowest BCUT2D eigenvalue weighted by Crippen LogP contribution is -2.37. The van der Waals surface area contributed by atoms with Crippen LogP contribution in [-0.2, 0) is 10.2 Å². The molecule has 6 nitrogen and oxygen atoms in total. The van der Waals surface area contributed by atoms with Crippen LogP contribution in [0.3, 0.4) is 0 Å². The van der Waals surface area contributed by atoms with Crippen LogP contribution in [-0.4, -0.2) is 61.5 Å². The highest BCUT2D eigenvalue weighted by Gasteiger charge is 2.24. The zero-order valence-electron chi connectivity index (χ0n) is 20.3. The molecular weight excluding hydrogens is 416 g/mol. The SMILES string of the molecule is COc1ccccc1C(=O)N1CCCN(C(=O)CCCOc2ccc(C(C)(C)C)cc2)CC1. The summed E-state index contributed by atoms with van der Waals surface area (Å²) in [5.74, 6) is 1.48. The molecule has 33 heavy (non-hydrogen) atoms. The summed E-state index contributed by atoms with van der Waals surface area (Å²) in [4.78, 5) is 29.4. The van der Waals surface area contributed by atoms with Gasteiger partial charge in [0.05, 0.1) is 19.3 Å². The molecule has 0 N–H and O–H groups in total. The van der Waals surface area contributed by atoms with Crippen LogP contribution in [0.15, 0.2) is 48.5 Å². The van der Waals surface area contributed by atoms with Crippen LogP contribution >= 0.6 is 0 Å². The summed E-state index contributed by atoms with van der Waals surface area (Å²) in [6.07, 6.45) is 1.88. The van der Waals surface area contributed by atoms with Gasteiger partial charge in [0.25, 0.3) is 5.91 Å². The molecule has 2 amide bonds. The molecule has 2 aromatic rings. The van der Waals surface area contributed by atoms with Crippen LogP contribution in [0.25, 0.3) is 0 Å². The number of amides is 2. The fourth-order valence-electron chi connectivity index (χ4n) is 3.98. The third kappa shape index (κ3) is 6.73. The maximum atomic E-state index is 13.0. The van der Waals surface area contributed by atoms with E-state index in [-0.39, 0.29) is 17.2 Å². The van der Waals surface area contributed by atoms with Crippen LogP contribution < -0.4 is 9.47 Å². The van der Waals surface area contributed by atoms with Crippen molar-refractivity contribution in [3.8, 4) is 11.5 Å². The van der Waals surface area contributed by atoms with Gasteiger partial charge in [-0.05, 0) is 48.1 Å². The highest BCUT2D eigenvalue weighted by atomic mass is 16.5. The van der Waals surface area contributed by atoms with Crippen molar-refractivity contribution in [3.05, 3.63) is 59.7 Å². The van der Waals surface area contributed by atoms with E-state index >= 15 is 0 Å². The zero-order valence-corrected chi connectivity index (χ0v) is 20.3.